The maximum atomic E-state index is 12.0. The lowest BCUT2D eigenvalue weighted by atomic mass is 10.1. The van der Waals surface area contributed by atoms with E-state index in [1.54, 1.807) is 0 Å². The van der Waals surface area contributed by atoms with Crippen LogP contribution in [0.3, 0.4) is 0 Å². The molecule has 5 heteroatoms. The molecule has 0 atom stereocenters. The van der Waals surface area contributed by atoms with Crippen LogP contribution in [0, 0.1) is 0 Å². The Labute approximate surface area is 85.6 Å². The number of methoxy groups -OCH3 is 1. The molecule has 0 radical (unpaired) electrons. The number of rotatable bonds is 4. The van der Waals surface area contributed by atoms with Gasteiger partial charge in [-0.2, -0.15) is 8.78 Å². The van der Waals surface area contributed by atoms with Gasteiger partial charge in [0, 0.05) is 5.56 Å². The zero-order chi connectivity index (χ0) is 11.4. The maximum absolute atomic E-state index is 12.0. The molecule has 1 aromatic rings. The molecular formula is C10H10F2O3. The highest BCUT2D eigenvalue weighted by molar-refractivity contribution is 5.94. The lowest BCUT2D eigenvalue weighted by molar-refractivity contribution is -0.0512. The Kier molecular flexibility index (Phi) is 3.60. The number of Topliss-reactive ketones (excluding diaryl/α,β-unsaturated/α-hetero) is 1. The molecule has 0 aromatic heterocycles. The molecule has 82 valence electrons. The van der Waals surface area contributed by atoms with Gasteiger partial charge in [0.2, 0.25) is 0 Å². The normalized spacial score (nSPS) is 10.2. The lowest BCUT2D eigenvalue weighted by Crippen LogP contribution is -2.04. The molecule has 0 unspecified atom stereocenters. The van der Waals surface area contributed by atoms with Gasteiger partial charge in [-0.25, -0.2) is 0 Å². The quantitative estimate of drug-likeness (QED) is 0.725. The van der Waals surface area contributed by atoms with Crippen molar-refractivity contribution in [3.8, 4) is 11.5 Å². The zero-order valence-electron chi connectivity index (χ0n) is 8.29. The van der Waals surface area contributed by atoms with Crippen molar-refractivity contribution in [3.63, 3.8) is 0 Å². The van der Waals surface area contributed by atoms with Crippen molar-refractivity contribution in [1.82, 2.24) is 0 Å². The minimum Gasteiger partial charge on any atom is -0.493 e. The summed E-state index contributed by atoms with van der Waals surface area (Å²) >= 11 is 0. The van der Waals surface area contributed by atoms with Crippen LogP contribution < -0.4 is 9.47 Å². The molecule has 0 spiro atoms. The Hall–Kier alpha value is -1.65. The van der Waals surface area contributed by atoms with Gasteiger partial charge in [-0.1, -0.05) is 0 Å². The van der Waals surface area contributed by atoms with E-state index in [1.165, 1.54) is 32.2 Å². The highest BCUT2D eigenvalue weighted by Crippen LogP contribution is 2.29. The van der Waals surface area contributed by atoms with Crippen LogP contribution in [0.25, 0.3) is 0 Å². The predicted octanol–water partition coefficient (Wildman–Crippen LogP) is 2.50. The highest BCUT2D eigenvalue weighted by atomic mass is 19.3. The number of hydrogen-bond donors (Lipinski definition) is 0. The van der Waals surface area contributed by atoms with Crippen molar-refractivity contribution < 1.29 is 23.0 Å². The minimum atomic E-state index is -2.91. The molecule has 15 heavy (non-hydrogen) atoms. The van der Waals surface area contributed by atoms with Gasteiger partial charge in [0.1, 0.15) is 0 Å². The zero-order valence-corrected chi connectivity index (χ0v) is 8.29. The van der Waals surface area contributed by atoms with Crippen LogP contribution in [0.4, 0.5) is 8.78 Å². The van der Waals surface area contributed by atoms with Gasteiger partial charge in [0.15, 0.2) is 17.3 Å². The fourth-order valence-electron chi connectivity index (χ4n) is 1.08. The molecule has 0 aliphatic carbocycles. The number of hydrogen-bond acceptors (Lipinski definition) is 3. The monoisotopic (exact) mass is 216 g/mol. The largest absolute Gasteiger partial charge is 0.493 e. The second-order valence-electron chi connectivity index (χ2n) is 2.80. The molecule has 0 aliphatic rings. The molecule has 1 aromatic carbocycles. The second kappa shape index (κ2) is 4.72. The van der Waals surface area contributed by atoms with Crippen LogP contribution in [0.5, 0.6) is 11.5 Å². The summed E-state index contributed by atoms with van der Waals surface area (Å²) in [6, 6.07) is 4.05. The van der Waals surface area contributed by atoms with E-state index in [4.69, 9.17) is 4.74 Å². The fraction of sp³-hybridized carbons (Fsp3) is 0.300. The van der Waals surface area contributed by atoms with Crippen molar-refractivity contribution in [2.75, 3.05) is 7.11 Å². The van der Waals surface area contributed by atoms with E-state index in [2.05, 4.69) is 4.74 Å². The van der Waals surface area contributed by atoms with Crippen molar-refractivity contribution in [3.05, 3.63) is 23.8 Å². The Morgan fingerprint density at radius 2 is 2.00 bits per heavy atom. The topological polar surface area (TPSA) is 35.5 Å². The van der Waals surface area contributed by atoms with Crippen LogP contribution in [0.2, 0.25) is 0 Å². The fourth-order valence-corrected chi connectivity index (χ4v) is 1.08. The molecule has 0 aliphatic heterocycles. The average molecular weight is 216 g/mol. The summed E-state index contributed by atoms with van der Waals surface area (Å²) in [5.41, 5.74) is 0.383. The molecular weight excluding hydrogens is 206 g/mol. The molecule has 0 saturated carbocycles. The number of carbonyl (C=O) groups is 1. The highest BCUT2D eigenvalue weighted by Gasteiger charge is 2.12. The first-order chi connectivity index (χ1) is 7.04. The van der Waals surface area contributed by atoms with Gasteiger partial charge in [0.05, 0.1) is 7.11 Å². The van der Waals surface area contributed by atoms with Crippen LogP contribution in [0.1, 0.15) is 17.3 Å². The Balaban J connectivity index is 3.03. The summed E-state index contributed by atoms with van der Waals surface area (Å²) < 4.78 is 32.9. The Morgan fingerprint density at radius 3 is 2.47 bits per heavy atom. The minimum absolute atomic E-state index is 0.0856. The summed E-state index contributed by atoms with van der Waals surface area (Å²) in [6.07, 6.45) is 0. The van der Waals surface area contributed by atoms with E-state index in [0.29, 0.717) is 5.56 Å². The third kappa shape index (κ3) is 2.90. The van der Waals surface area contributed by atoms with Gasteiger partial charge in [-0.15, -0.1) is 0 Å². The second-order valence-corrected chi connectivity index (χ2v) is 2.80. The average Bonchev–Trinajstić information content (AvgIpc) is 2.17. The maximum Gasteiger partial charge on any atom is 0.387 e. The van der Waals surface area contributed by atoms with E-state index in [1.807, 2.05) is 0 Å². The lowest BCUT2D eigenvalue weighted by Gasteiger charge is -2.10. The molecule has 0 heterocycles. The number of halogens is 2. The first-order valence-corrected chi connectivity index (χ1v) is 4.18. The third-order valence-electron chi connectivity index (χ3n) is 1.79. The SMILES string of the molecule is COc1cc(C(C)=O)ccc1OC(F)F. The number of alkyl halides is 2. The number of ketones is 1. The standard InChI is InChI=1S/C10H10F2O3/c1-6(13)7-3-4-8(15-10(11)12)9(5-7)14-2/h3-5,10H,1-2H3. The van der Waals surface area contributed by atoms with Crippen molar-refractivity contribution in [2.24, 2.45) is 0 Å². The molecule has 0 amide bonds. The van der Waals surface area contributed by atoms with Gasteiger partial charge in [-0.05, 0) is 25.1 Å². The number of benzene rings is 1. The molecule has 0 bridgehead atoms. The molecule has 1 rings (SSSR count). The molecule has 0 N–H and O–H groups in total. The summed E-state index contributed by atoms with van der Waals surface area (Å²) in [4.78, 5) is 11.0. The number of carbonyl (C=O) groups excluding carboxylic acids is 1. The molecule has 0 saturated heterocycles. The van der Waals surface area contributed by atoms with Crippen LogP contribution in [-0.2, 0) is 0 Å². The number of ether oxygens (including phenoxy) is 2. The van der Waals surface area contributed by atoms with E-state index < -0.39 is 6.61 Å². The smallest absolute Gasteiger partial charge is 0.387 e. The van der Waals surface area contributed by atoms with Crippen molar-refractivity contribution in [1.29, 1.82) is 0 Å². The van der Waals surface area contributed by atoms with Crippen molar-refractivity contribution in [2.45, 2.75) is 13.5 Å². The van der Waals surface area contributed by atoms with E-state index in [0.717, 1.165) is 0 Å². The summed E-state index contributed by atoms with van der Waals surface area (Å²) in [7, 11) is 1.32. The summed E-state index contributed by atoms with van der Waals surface area (Å²) in [6.45, 7) is -1.54. The van der Waals surface area contributed by atoms with Crippen LogP contribution >= 0.6 is 0 Å². The Bertz CT molecular complexity index is 364. The van der Waals surface area contributed by atoms with Crippen LogP contribution in [0.15, 0.2) is 18.2 Å². The molecule has 0 fully saturated rings. The first-order valence-electron chi connectivity index (χ1n) is 4.18. The molecule has 3 nitrogen and oxygen atoms in total. The van der Waals surface area contributed by atoms with Gasteiger partial charge < -0.3 is 9.47 Å². The van der Waals surface area contributed by atoms with Gasteiger partial charge in [-0.3, -0.25) is 4.79 Å². The van der Waals surface area contributed by atoms with E-state index in [9.17, 15) is 13.6 Å². The van der Waals surface area contributed by atoms with E-state index >= 15 is 0 Å². The third-order valence-corrected chi connectivity index (χ3v) is 1.79. The summed E-state index contributed by atoms with van der Waals surface area (Å²) in [5, 5.41) is 0. The van der Waals surface area contributed by atoms with Crippen LogP contribution in [-0.4, -0.2) is 19.5 Å². The van der Waals surface area contributed by atoms with E-state index in [-0.39, 0.29) is 17.3 Å². The van der Waals surface area contributed by atoms with Gasteiger partial charge in [0.25, 0.3) is 0 Å². The van der Waals surface area contributed by atoms with Crippen molar-refractivity contribution >= 4 is 5.78 Å². The predicted molar refractivity (Wildman–Crippen MR) is 49.6 cm³/mol. The first kappa shape index (κ1) is 11.4. The van der Waals surface area contributed by atoms with Gasteiger partial charge >= 0.3 is 6.61 Å². The summed E-state index contributed by atoms with van der Waals surface area (Å²) in [5.74, 6) is -0.141. The Morgan fingerprint density at radius 1 is 1.33 bits per heavy atom.